The molecule has 224 valence electrons. The molecule has 0 fully saturated rings. The molecule has 3 aromatic carbocycles. The highest BCUT2D eigenvalue weighted by Gasteiger charge is 2.34. The van der Waals surface area contributed by atoms with Crippen LogP contribution in [-0.2, 0) is 26.2 Å². The van der Waals surface area contributed by atoms with Crippen LogP contribution in [0.3, 0.4) is 0 Å². The van der Waals surface area contributed by atoms with Crippen molar-refractivity contribution >= 4 is 27.5 Å². The summed E-state index contributed by atoms with van der Waals surface area (Å²) in [7, 11) is -4.43. The summed E-state index contributed by atoms with van der Waals surface area (Å²) in [5.41, 5.74) is -0.471. The fourth-order valence-corrected chi connectivity index (χ4v) is 5.74. The van der Waals surface area contributed by atoms with Crippen LogP contribution in [0.1, 0.15) is 33.3 Å². The average Bonchev–Trinajstić information content (AvgIpc) is 2.94. The molecule has 4 rings (SSSR count). The highest BCUT2D eigenvalue weighted by atomic mass is 32.2. The van der Waals surface area contributed by atoms with Crippen LogP contribution in [0.4, 0.5) is 14.5 Å². The number of carbonyl (C=O) groups is 2. The molecule has 0 bridgehead atoms. The predicted octanol–water partition coefficient (Wildman–Crippen LogP) is 4.26. The minimum Gasteiger partial charge on any atom is -0.486 e. The Morgan fingerprint density at radius 2 is 1.60 bits per heavy atom. The van der Waals surface area contributed by atoms with E-state index in [1.54, 1.807) is 26.8 Å². The lowest BCUT2D eigenvalue weighted by molar-refractivity contribution is -0.140. The number of nitrogens with zero attached hydrogens (tertiary/aromatic N) is 2. The molecule has 1 aliphatic heterocycles. The molecule has 0 saturated carbocycles. The number of hydrogen-bond acceptors (Lipinski definition) is 6. The zero-order valence-electron chi connectivity index (χ0n) is 23.8. The second-order valence-corrected chi connectivity index (χ2v) is 12.7. The van der Waals surface area contributed by atoms with Crippen molar-refractivity contribution in [3.8, 4) is 11.5 Å². The van der Waals surface area contributed by atoms with E-state index in [9.17, 15) is 26.8 Å². The smallest absolute Gasteiger partial charge is 0.264 e. The third kappa shape index (κ3) is 7.17. The van der Waals surface area contributed by atoms with E-state index in [1.165, 1.54) is 55.5 Å². The number of amides is 2. The molecular formula is C30H33F2N3O6S. The summed E-state index contributed by atoms with van der Waals surface area (Å²) in [5.74, 6) is -1.87. The summed E-state index contributed by atoms with van der Waals surface area (Å²) in [6.45, 7) is 6.29. The van der Waals surface area contributed by atoms with E-state index in [1.807, 2.05) is 0 Å². The minimum atomic E-state index is -4.43. The SMILES string of the molecule is C[C@H](C(=O)NC(C)(C)C)N(Cc1ccccc1F)C(=O)CN(c1ccc(F)cc1)S(=O)(=O)c1ccc2c(c1)OCCO2. The summed E-state index contributed by atoms with van der Waals surface area (Å²) in [5, 5.41) is 2.81. The minimum absolute atomic E-state index is 0.0114. The Labute approximate surface area is 244 Å². The quantitative estimate of drug-likeness (QED) is 0.393. The van der Waals surface area contributed by atoms with Crippen LogP contribution in [0.5, 0.6) is 11.5 Å². The van der Waals surface area contributed by atoms with Crippen molar-refractivity contribution in [2.24, 2.45) is 0 Å². The van der Waals surface area contributed by atoms with E-state index in [4.69, 9.17) is 9.47 Å². The molecule has 1 N–H and O–H groups in total. The number of rotatable bonds is 9. The number of carbonyl (C=O) groups excluding carboxylic acids is 2. The van der Waals surface area contributed by atoms with Crippen LogP contribution < -0.4 is 19.1 Å². The lowest BCUT2D eigenvalue weighted by Gasteiger charge is -2.33. The molecule has 1 heterocycles. The van der Waals surface area contributed by atoms with Gasteiger partial charge < -0.3 is 19.7 Å². The highest BCUT2D eigenvalue weighted by molar-refractivity contribution is 7.92. The molecule has 1 atom stereocenters. The molecule has 0 aromatic heterocycles. The van der Waals surface area contributed by atoms with Crippen molar-refractivity contribution in [1.82, 2.24) is 10.2 Å². The molecule has 42 heavy (non-hydrogen) atoms. The molecule has 12 heteroatoms. The lowest BCUT2D eigenvalue weighted by Crippen LogP contribution is -2.54. The Balaban J connectivity index is 1.73. The molecule has 0 aliphatic carbocycles. The van der Waals surface area contributed by atoms with Crippen molar-refractivity contribution in [3.05, 3.63) is 83.9 Å². The fraction of sp³-hybridized carbons (Fsp3) is 0.333. The van der Waals surface area contributed by atoms with Crippen LogP contribution in [0.2, 0.25) is 0 Å². The number of hydrogen-bond donors (Lipinski definition) is 1. The number of halogens is 2. The summed E-state index contributed by atoms with van der Waals surface area (Å²) < 4.78 is 68.3. The molecular weight excluding hydrogens is 568 g/mol. The maximum atomic E-state index is 14.7. The summed E-state index contributed by atoms with van der Waals surface area (Å²) in [6.07, 6.45) is 0. The third-order valence-corrected chi connectivity index (χ3v) is 8.23. The van der Waals surface area contributed by atoms with E-state index >= 15 is 0 Å². The Morgan fingerprint density at radius 3 is 2.24 bits per heavy atom. The van der Waals surface area contributed by atoms with Crippen molar-refractivity contribution < 1.29 is 36.3 Å². The number of benzene rings is 3. The molecule has 0 radical (unpaired) electrons. The van der Waals surface area contributed by atoms with Gasteiger partial charge in [-0.2, -0.15) is 0 Å². The van der Waals surface area contributed by atoms with Gasteiger partial charge in [0.2, 0.25) is 11.8 Å². The number of anilines is 1. The Morgan fingerprint density at radius 1 is 0.952 bits per heavy atom. The predicted molar refractivity (Wildman–Crippen MR) is 153 cm³/mol. The normalized spacial score (nSPS) is 13.7. The van der Waals surface area contributed by atoms with Gasteiger partial charge in [0.1, 0.15) is 37.4 Å². The average molecular weight is 602 g/mol. The maximum absolute atomic E-state index is 14.7. The molecule has 0 saturated heterocycles. The van der Waals surface area contributed by atoms with E-state index in [-0.39, 0.29) is 35.0 Å². The fourth-order valence-electron chi connectivity index (χ4n) is 4.31. The molecule has 2 amide bonds. The molecule has 1 aliphatic rings. The molecule has 3 aromatic rings. The first kappa shape index (κ1) is 30.8. The number of sulfonamides is 1. The number of fused-ring (bicyclic) bond motifs is 1. The lowest BCUT2D eigenvalue weighted by atomic mass is 10.1. The van der Waals surface area contributed by atoms with E-state index in [0.717, 1.165) is 21.3 Å². The van der Waals surface area contributed by atoms with Crippen LogP contribution in [0.25, 0.3) is 0 Å². The highest BCUT2D eigenvalue weighted by Crippen LogP contribution is 2.34. The van der Waals surface area contributed by atoms with Crippen LogP contribution in [0, 0.1) is 11.6 Å². The van der Waals surface area contributed by atoms with Gasteiger partial charge in [-0.05, 0) is 70.2 Å². The van der Waals surface area contributed by atoms with Crippen molar-refractivity contribution in [2.75, 3.05) is 24.1 Å². The van der Waals surface area contributed by atoms with Crippen LogP contribution in [0.15, 0.2) is 71.6 Å². The Bertz CT molecular complexity index is 1560. The van der Waals surface area contributed by atoms with Crippen molar-refractivity contribution in [2.45, 2.75) is 50.7 Å². The zero-order chi connectivity index (χ0) is 30.7. The van der Waals surface area contributed by atoms with Gasteiger partial charge in [0.15, 0.2) is 11.5 Å². The Hall–Kier alpha value is -4.19. The first-order valence-corrected chi connectivity index (χ1v) is 14.7. The van der Waals surface area contributed by atoms with Crippen molar-refractivity contribution in [3.63, 3.8) is 0 Å². The van der Waals surface area contributed by atoms with Gasteiger partial charge in [0, 0.05) is 23.7 Å². The van der Waals surface area contributed by atoms with Gasteiger partial charge >= 0.3 is 0 Å². The maximum Gasteiger partial charge on any atom is 0.264 e. The van der Waals surface area contributed by atoms with Gasteiger partial charge in [0.05, 0.1) is 10.6 Å². The first-order valence-electron chi connectivity index (χ1n) is 13.3. The standard InChI is InChI=1S/C30H33F2N3O6S/c1-20(29(37)33-30(2,3)4)34(18-21-7-5-6-8-25(21)32)28(36)19-35(23-11-9-22(31)10-12-23)42(38,39)24-13-14-26-27(17-24)41-16-15-40-26/h5-14,17,20H,15-16,18-19H2,1-4H3,(H,33,37)/t20-/m1/s1. The summed E-state index contributed by atoms with van der Waals surface area (Å²) in [4.78, 5) is 28.0. The Kier molecular flexibility index (Phi) is 9.05. The second-order valence-electron chi connectivity index (χ2n) is 10.8. The zero-order valence-corrected chi connectivity index (χ0v) is 24.6. The monoisotopic (exact) mass is 601 g/mol. The topological polar surface area (TPSA) is 105 Å². The third-order valence-electron chi connectivity index (χ3n) is 6.46. The number of nitrogens with one attached hydrogen (secondary N) is 1. The molecule has 0 unspecified atom stereocenters. The molecule has 9 nitrogen and oxygen atoms in total. The largest absolute Gasteiger partial charge is 0.486 e. The van der Waals surface area contributed by atoms with Gasteiger partial charge in [-0.1, -0.05) is 18.2 Å². The number of ether oxygens (including phenoxy) is 2. The molecule has 0 spiro atoms. The van der Waals surface area contributed by atoms with E-state index in [2.05, 4.69) is 5.32 Å². The first-order chi connectivity index (χ1) is 19.8. The van der Waals surface area contributed by atoms with Crippen LogP contribution in [-0.4, -0.2) is 56.5 Å². The van der Waals surface area contributed by atoms with Gasteiger partial charge in [-0.3, -0.25) is 13.9 Å². The van der Waals surface area contributed by atoms with Crippen LogP contribution >= 0.6 is 0 Å². The summed E-state index contributed by atoms with van der Waals surface area (Å²) >= 11 is 0. The second kappa shape index (κ2) is 12.4. The summed E-state index contributed by atoms with van der Waals surface area (Å²) in [6, 6.07) is 13.4. The van der Waals surface area contributed by atoms with Gasteiger partial charge in [-0.15, -0.1) is 0 Å². The van der Waals surface area contributed by atoms with Gasteiger partial charge in [0.25, 0.3) is 10.0 Å². The van der Waals surface area contributed by atoms with Crippen molar-refractivity contribution in [1.29, 1.82) is 0 Å². The van der Waals surface area contributed by atoms with E-state index in [0.29, 0.717) is 12.4 Å². The van der Waals surface area contributed by atoms with E-state index < -0.39 is 51.6 Å². The van der Waals surface area contributed by atoms with Gasteiger partial charge in [-0.25, -0.2) is 17.2 Å².